The summed E-state index contributed by atoms with van der Waals surface area (Å²) in [4.78, 5) is 25.5. The number of aryl methyl sites for hydroxylation is 3. The summed E-state index contributed by atoms with van der Waals surface area (Å²) in [5.74, 6) is 0.761. The summed E-state index contributed by atoms with van der Waals surface area (Å²) < 4.78 is 0. The number of thiophene rings is 1. The highest BCUT2D eigenvalue weighted by atomic mass is 35.5. The van der Waals surface area contributed by atoms with Crippen LogP contribution in [-0.2, 0) is 6.54 Å². The van der Waals surface area contributed by atoms with Crippen molar-refractivity contribution in [1.82, 2.24) is 14.9 Å². The Bertz CT molecular complexity index is 951. The smallest absolute Gasteiger partial charge is 0.264 e. The van der Waals surface area contributed by atoms with Gasteiger partial charge < -0.3 is 4.90 Å². The molecule has 25 heavy (non-hydrogen) atoms. The number of benzene rings is 1. The molecule has 0 unspecified atom stereocenters. The largest absolute Gasteiger partial charge is 0.334 e. The summed E-state index contributed by atoms with van der Waals surface area (Å²) in [6, 6.07) is 7.62. The predicted octanol–water partition coefficient (Wildman–Crippen LogP) is 4.93. The highest BCUT2D eigenvalue weighted by Gasteiger charge is 2.22. The van der Waals surface area contributed by atoms with Gasteiger partial charge in [-0.1, -0.05) is 23.7 Å². The second kappa shape index (κ2) is 7.10. The van der Waals surface area contributed by atoms with Crippen molar-refractivity contribution in [1.29, 1.82) is 0 Å². The van der Waals surface area contributed by atoms with Crippen LogP contribution in [0.15, 0.2) is 24.3 Å². The van der Waals surface area contributed by atoms with E-state index in [1.165, 1.54) is 11.3 Å². The molecule has 0 aliphatic heterocycles. The molecule has 1 amide bonds. The molecule has 0 fully saturated rings. The van der Waals surface area contributed by atoms with Gasteiger partial charge in [0, 0.05) is 29.2 Å². The van der Waals surface area contributed by atoms with Crippen LogP contribution in [0.1, 0.15) is 39.2 Å². The summed E-state index contributed by atoms with van der Waals surface area (Å²) in [6.07, 6.45) is 0. The minimum absolute atomic E-state index is 0.0278. The first-order chi connectivity index (χ1) is 11.9. The van der Waals surface area contributed by atoms with Crippen LogP contribution in [0.3, 0.4) is 0 Å². The van der Waals surface area contributed by atoms with E-state index in [-0.39, 0.29) is 5.91 Å². The molecule has 0 saturated carbocycles. The predicted molar refractivity (Wildman–Crippen MR) is 103 cm³/mol. The number of carbonyl (C=O) groups excluding carboxylic acids is 1. The molecular formula is C19H20ClN3OS. The van der Waals surface area contributed by atoms with E-state index >= 15 is 0 Å². The zero-order chi connectivity index (χ0) is 18.1. The molecule has 0 N–H and O–H groups in total. The van der Waals surface area contributed by atoms with Gasteiger partial charge in [0.1, 0.15) is 10.7 Å². The maximum Gasteiger partial charge on any atom is 0.264 e. The van der Waals surface area contributed by atoms with Crippen LogP contribution in [-0.4, -0.2) is 27.3 Å². The van der Waals surface area contributed by atoms with Crippen LogP contribution < -0.4 is 0 Å². The number of halogens is 1. The maximum atomic E-state index is 13.1. The number of hydrogen-bond acceptors (Lipinski definition) is 4. The Balaban J connectivity index is 1.97. The molecule has 3 rings (SSSR count). The molecule has 0 spiro atoms. The topological polar surface area (TPSA) is 46.1 Å². The summed E-state index contributed by atoms with van der Waals surface area (Å²) in [6.45, 7) is 8.97. The van der Waals surface area contributed by atoms with Gasteiger partial charge in [-0.05, 0) is 51.0 Å². The lowest BCUT2D eigenvalue weighted by Gasteiger charge is -2.21. The molecule has 3 aromatic rings. The zero-order valence-corrected chi connectivity index (χ0v) is 16.3. The molecule has 0 radical (unpaired) electrons. The Labute approximate surface area is 156 Å². The van der Waals surface area contributed by atoms with Gasteiger partial charge in [0.05, 0.1) is 4.88 Å². The fourth-order valence-corrected chi connectivity index (χ4v) is 4.46. The monoisotopic (exact) mass is 373 g/mol. The number of aromatic nitrogens is 2. The highest BCUT2D eigenvalue weighted by molar-refractivity contribution is 7.20. The van der Waals surface area contributed by atoms with Crippen LogP contribution in [0, 0.1) is 20.8 Å². The van der Waals surface area contributed by atoms with Crippen molar-refractivity contribution in [3.05, 3.63) is 56.8 Å². The number of rotatable bonds is 4. The molecule has 0 aliphatic rings. The summed E-state index contributed by atoms with van der Waals surface area (Å²) in [5, 5.41) is 1.68. The van der Waals surface area contributed by atoms with Crippen molar-refractivity contribution in [3.8, 4) is 0 Å². The Morgan fingerprint density at radius 1 is 1.24 bits per heavy atom. The molecule has 0 saturated heterocycles. The average Bonchev–Trinajstić information content (AvgIpc) is 2.88. The third-order valence-electron chi connectivity index (χ3n) is 4.21. The molecule has 2 heterocycles. The van der Waals surface area contributed by atoms with Crippen molar-refractivity contribution < 1.29 is 4.79 Å². The van der Waals surface area contributed by atoms with E-state index in [1.54, 1.807) is 0 Å². The lowest BCUT2D eigenvalue weighted by molar-refractivity contribution is 0.0757. The molecule has 0 atom stereocenters. The van der Waals surface area contributed by atoms with Crippen molar-refractivity contribution in [2.45, 2.75) is 34.2 Å². The van der Waals surface area contributed by atoms with Gasteiger partial charge in [-0.25, -0.2) is 9.97 Å². The van der Waals surface area contributed by atoms with E-state index in [0.717, 1.165) is 37.7 Å². The first kappa shape index (κ1) is 17.8. The van der Waals surface area contributed by atoms with Crippen LogP contribution in [0.5, 0.6) is 0 Å². The summed E-state index contributed by atoms with van der Waals surface area (Å²) in [7, 11) is 0. The van der Waals surface area contributed by atoms with Gasteiger partial charge in [-0.15, -0.1) is 11.3 Å². The standard InChI is InChI=1S/C19H20ClN3OS/c1-5-23(10-14-7-6-8-15(20)9-14)19(24)17-11(2)16-12(3)21-13(4)22-18(16)25-17/h6-9H,5,10H2,1-4H3. The van der Waals surface area contributed by atoms with Crippen molar-refractivity contribution in [2.75, 3.05) is 6.54 Å². The first-order valence-corrected chi connectivity index (χ1v) is 9.38. The van der Waals surface area contributed by atoms with E-state index < -0.39 is 0 Å². The van der Waals surface area contributed by atoms with E-state index in [4.69, 9.17) is 11.6 Å². The Morgan fingerprint density at radius 3 is 2.68 bits per heavy atom. The van der Waals surface area contributed by atoms with Crippen LogP contribution in [0.4, 0.5) is 0 Å². The molecule has 6 heteroatoms. The number of amides is 1. The summed E-state index contributed by atoms with van der Waals surface area (Å²) in [5.41, 5.74) is 2.91. The fourth-order valence-electron chi connectivity index (χ4n) is 3.00. The van der Waals surface area contributed by atoms with Gasteiger partial charge in [0.2, 0.25) is 0 Å². The zero-order valence-electron chi connectivity index (χ0n) is 14.8. The fraction of sp³-hybridized carbons (Fsp3) is 0.316. The van der Waals surface area contributed by atoms with Gasteiger partial charge in [-0.2, -0.15) is 0 Å². The number of fused-ring (bicyclic) bond motifs is 1. The normalized spacial score (nSPS) is 11.1. The molecular weight excluding hydrogens is 354 g/mol. The lowest BCUT2D eigenvalue weighted by Crippen LogP contribution is -2.30. The molecule has 130 valence electrons. The maximum absolute atomic E-state index is 13.1. The number of carbonyl (C=O) groups is 1. The van der Waals surface area contributed by atoms with E-state index in [0.29, 0.717) is 18.1 Å². The average molecular weight is 374 g/mol. The second-order valence-electron chi connectivity index (χ2n) is 6.04. The van der Waals surface area contributed by atoms with Gasteiger partial charge in [-0.3, -0.25) is 4.79 Å². The minimum Gasteiger partial charge on any atom is -0.334 e. The molecule has 1 aromatic carbocycles. The third-order valence-corrected chi connectivity index (χ3v) is 5.62. The van der Waals surface area contributed by atoms with Gasteiger partial charge >= 0.3 is 0 Å². The highest BCUT2D eigenvalue weighted by Crippen LogP contribution is 2.32. The second-order valence-corrected chi connectivity index (χ2v) is 7.48. The Morgan fingerprint density at radius 2 is 2.00 bits per heavy atom. The van der Waals surface area contributed by atoms with Crippen LogP contribution >= 0.6 is 22.9 Å². The first-order valence-electron chi connectivity index (χ1n) is 8.18. The Kier molecular flexibility index (Phi) is 5.06. The SMILES string of the molecule is CCN(Cc1cccc(Cl)c1)C(=O)c1sc2nc(C)nc(C)c2c1C. The van der Waals surface area contributed by atoms with Crippen LogP contribution in [0.2, 0.25) is 5.02 Å². The molecule has 2 aromatic heterocycles. The molecule has 0 bridgehead atoms. The number of nitrogens with zero attached hydrogens (tertiary/aromatic N) is 3. The lowest BCUT2D eigenvalue weighted by atomic mass is 10.1. The van der Waals surface area contributed by atoms with Crippen molar-refractivity contribution in [2.24, 2.45) is 0 Å². The van der Waals surface area contributed by atoms with Crippen molar-refractivity contribution in [3.63, 3.8) is 0 Å². The number of hydrogen-bond donors (Lipinski definition) is 0. The minimum atomic E-state index is 0.0278. The van der Waals surface area contributed by atoms with Crippen molar-refractivity contribution >= 4 is 39.1 Å². The van der Waals surface area contributed by atoms with E-state index in [2.05, 4.69) is 9.97 Å². The van der Waals surface area contributed by atoms with Gasteiger partial charge in [0.25, 0.3) is 5.91 Å². The molecule has 4 nitrogen and oxygen atoms in total. The third kappa shape index (κ3) is 3.53. The quantitative estimate of drug-likeness (QED) is 0.651. The van der Waals surface area contributed by atoms with E-state index in [1.807, 2.05) is 56.9 Å². The van der Waals surface area contributed by atoms with E-state index in [9.17, 15) is 4.79 Å². The molecule has 0 aliphatic carbocycles. The Hall–Kier alpha value is -1.98. The van der Waals surface area contributed by atoms with Crippen LogP contribution in [0.25, 0.3) is 10.2 Å². The summed E-state index contributed by atoms with van der Waals surface area (Å²) >= 11 is 7.51. The van der Waals surface area contributed by atoms with Gasteiger partial charge in [0.15, 0.2) is 0 Å².